The van der Waals surface area contributed by atoms with E-state index in [0.29, 0.717) is 6.10 Å². The summed E-state index contributed by atoms with van der Waals surface area (Å²) in [6, 6.07) is 0. The lowest BCUT2D eigenvalue weighted by atomic mass is 9.70. The van der Waals surface area contributed by atoms with E-state index in [0.717, 1.165) is 24.4 Å². The van der Waals surface area contributed by atoms with E-state index in [9.17, 15) is 0 Å². The highest BCUT2D eigenvalue weighted by atomic mass is 16.5. The fourth-order valence-electron chi connectivity index (χ4n) is 5.49. The first-order chi connectivity index (χ1) is 12.8. The van der Waals surface area contributed by atoms with Crippen molar-refractivity contribution in [2.75, 3.05) is 6.61 Å². The van der Waals surface area contributed by atoms with E-state index in [2.05, 4.69) is 13.8 Å². The predicted octanol–water partition coefficient (Wildman–Crippen LogP) is 8.31. The summed E-state index contributed by atoms with van der Waals surface area (Å²) in [5, 5.41) is 0. The molecule has 0 heterocycles. The summed E-state index contributed by atoms with van der Waals surface area (Å²) in [5.74, 6) is 3.15. The number of rotatable bonds is 13. The molecule has 0 atom stereocenters. The molecule has 0 bridgehead atoms. The minimum absolute atomic E-state index is 0.590. The molecule has 0 aromatic carbocycles. The van der Waals surface area contributed by atoms with Gasteiger partial charge in [0, 0.05) is 6.61 Å². The smallest absolute Gasteiger partial charge is 0.0575 e. The zero-order valence-electron chi connectivity index (χ0n) is 18.2. The summed E-state index contributed by atoms with van der Waals surface area (Å²) >= 11 is 0. The van der Waals surface area contributed by atoms with E-state index >= 15 is 0 Å². The predicted molar refractivity (Wildman–Crippen MR) is 115 cm³/mol. The molecule has 0 unspecified atom stereocenters. The van der Waals surface area contributed by atoms with Crippen LogP contribution in [0.5, 0.6) is 0 Å². The van der Waals surface area contributed by atoms with Crippen molar-refractivity contribution in [1.82, 2.24) is 0 Å². The third-order valence-corrected chi connectivity index (χ3v) is 7.34. The lowest BCUT2D eigenvalue weighted by Crippen LogP contribution is -2.28. The van der Waals surface area contributed by atoms with Crippen LogP contribution in [0.4, 0.5) is 0 Å². The summed E-state index contributed by atoms with van der Waals surface area (Å²) < 4.78 is 6.18. The van der Waals surface area contributed by atoms with Gasteiger partial charge in [-0.15, -0.1) is 0 Å². The van der Waals surface area contributed by atoms with Gasteiger partial charge in [0.25, 0.3) is 0 Å². The van der Waals surface area contributed by atoms with Gasteiger partial charge in [0.05, 0.1) is 6.10 Å². The molecular weight excluding hydrogens is 316 g/mol. The summed E-state index contributed by atoms with van der Waals surface area (Å²) in [5.41, 5.74) is 0. The Morgan fingerprint density at radius 2 is 1.12 bits per heavy atom. The molecule has 0 amide bonds. The van der Waals surface area contributed by atoms with Gasteiger partial charge >= 0.3 is 0 Å². The highest BCUT2D eigenvalue weighted by molar-refractivity contribution is 4.82. The van der Waals surface area contributed by atoms with Crippen LogP contribution in [-0.4, -0.2) is 12.7 Å². The minimum atomic E-state index is 0.590. The Hall–Kier alpha value is -0.0400. The monoisotopic (exact) mass is 364 g/mol. The first-order valence-corrected chi connectivity index (χ1v) is 12.4. The first-order valence-electron chi connectivity index (χ1n) is 12.4. The van der Waals surface area contributed by atoms with Gasteiger partial charge in [-0.2, -0.15) is 0 Å². The molecule has 0 aromatic rings. The van der Waals surface area contributed by atoms with Crippen molar-refractivity contribution >= 4 is 0 Å². The second-order valence-electron chi connectivity index (χ2n) is 9.45. The molecule has 0 radical (unpaired) electrons. The van der Waals surface area contributed by atoms with Gasteiger partial charge in [-0.25, -0.2) is 0 Å². The van der Waals surface area contributed by atoms with Crippen LogP contribution in [-0.2, 0) is 4.74 Å². The molecule has 0 saturated heterocycles. The first kappa shape index (κ1) is 22.3. The van der Waals surface area contributed by atoms with Crippen molar-refractivity contribution in [3.8, 4) is 0 Å². The molecule has 26 heavy (non-hydrogen) atoms. The van der Waals surface area contributed by atoms with E-state index in [1.807, 2.05) is 0 Å². The zero-order chi connectivity index (χ0) is 18.5. The van der Waals surface area contributed by atoms with E-state index < -0.39 is 0 Å². The molecular formula is C25H48O. The van der Waals surface area contributed by atoms with Crippen LogP contribution >= 0.6 is 0 Å². The average molecular weight is 365 g/mol. The number of hydrogen-bond acceptors (Lipinski definition) is 1. The van der Waals surface area contributed by atoms with Gasteiger partial charge in [-0.1, -0.05) is 84.5 Å². The molecule has 1 heteroatoms. The molecule has 154 valence electrons. The normalized spacial score (nSPS) is 29.8. The molecule has 0 N–H and O–H groups in total. The van der Waals surface area contributed by atoms with Gasteiger partial charge in [-0.3, -0.25) is 0 Å². The lowest BCUT2D eigenvalue weighted by molar-refractivity contribution is 0.00527. The number of hydrogen-bond donors (Lipinski definition) is 0. The van der Waals surface area contributed by atoms with Crippen molar-refractivity contribution in [3.63, 3.8) is 0 Å². The van der Waals surface area contributed by atoms with E-state index in [1.54, 1.807) is 0 Å². The SMILES string of the molecule is CCCCCCCO[C@H]1CC[C@H]([C@H]2CC[C@H](CCCCCC)CC2)CC1. The van der Waals surface area contributed by atoms with Crippen molar-refractivity contribution in [2.24, 2.45) is 17.8 Å². The molecule has 1 nitrogen and oxygen atoms in total. The quantitative estimate of drug-likeness (QED) is 0.298. The van der Waals surface area contributed by atoms with Gasteiger partial charge in [0.2, 0.25) is 0 Å². The van der Waals surface area contributed by atoms with Crippen LogP contribution in [0.3, 0.4) is 0 Å². The standard InChI is InChI=1S/C25H48O/c1-3-5-7-9-11-21-26-25-19-17-24(18-20-25)23-15-13-22(14-16-23)12-10-8-6-4-2/h22-25H,3-21H2,1-2H3/t22-,23-,24-,25-. The highest BCUT2D eigenvalue weighted by Crippen LogP contribution is 2.41. The van der Waals surface area contributed by atoms with Gasteiger partial charge in [0.15, 0.2) is 0 Å². The summed E-state index contributed by atoms with van der Waals surface area (Å²) in [7, 11) is 0. The number of ether oxygens (including phenoxy) is 1. The lowest BCUT2D eigenvalue weighted by Gasteiger charge is -2.38. The topological polar surface area (TPSA) is 9.23 Å². The number of unbranched alkanes of at least 4 members (excludes halogenated alkanes) is 7. The molecule has 0 aliphatic heterocycles. The Labute approximate surface area is 165 Å². The Balaban J connectivity index is 1.49. The maximum absolute atomic E-state index is 6.18. The highest BCUT2D eigenvalue weighted by Gasteiger charge is 2.30. The van der Waals surface area contributed by atoms with Crippen LogP contribution in [0.25, 0.3) is 0 Å². The van der Waals surface area contributed by atoms with Crippen LogP contribution in [0.2, 0.25) is 0 Å². The van der Waals surface area contributed by atoms with Gasteiger partial charge in [-0.05, 0) is 62.7 Å². The second-order valence-corrected chi connectivity index (χ2v) is 9.45. The van der Waals surface area contributed by atoms with Gasteiger partial charge in [0.1, 0.15) is 0 Å². The third-order valence-electron chi connectivity index (χ3n) is 7.34. The Kier molecular flexibility index (Phi) is 12.0. The van der Waals surface area contributed by atoms with Crippen LogP contribution < -0.4 is 0 Å². The Morgan fingerprint density at radius 3 is 1.73 bits per heavy atom. The van der Waals surface area contributed by atoms with E-state index in [1.165, 1.54) is 116 Å². The molecule has 2 fully saturated rings. The molecule has 2 aliphatic rings. The van der Waals surface area contributed by atoms with Crippen LogP contribution in [0, 0.1) is 17.8 Å². The Morgan fingerprint density at radius 1 is 0.577 bits per heavy atom. The van der Waals surface area contributed by atoms with E-state index in [4.69, 9.17) is 4.74 Å². The van der Waals surface area contributed by atoms with E-state index in [-0.39, 0.29) is 0 Å². The molecule has 2 saturated carbocycles. The summed E-state index contributed by atoms with van der Waals surface area (Å²) in [4.78, 5) is 0. The largest absolute Gasteiger partial charge is 0.378 e. The van der Waals surface area contributed by atoms with Crippen molar-refractivity contribution < 1.29 is 4.74 Å². The maximum Gasteiger partial charge on any atom is 0.0575 e. The van der Waals surface area contributed by atoms with Crippen LogP contribution in [0.15, 0.2) is 0 Å². The van der Waals surface area contributed by atoms with Gasteiger partial charge < -0.3 is 4.74 Å². The van der Waals surface area contributed by atoms with Crippen molar-refractivity contribution in [2.45, 2.75) is 136 Å². The zero-order valence-corrected chi connectivity index (χ0v) is 18.2. The Bertz CT molecular complexity index is 310. The maximum atomic E-state index is 6.18. The van der Waals surface area contributed by atoms with Crippen molar-refractivity contribution in [3.05, 3.63) is 0 Å². The second kappa shape index (κ2) is 14.0. The fourth-order valence-corrected chi connectivity index (χ4v) is 5.49. The third kappa shape index (κ3) is 8.77. The molecule has 2 aliphatic carbocycles. The molecule has 0 aromatic heterocycles. The van der Waals surface area contributed by atoms with Crippen LogP contribution in [0.1, 0.15) is 129 Å². The summed E-state index contributed by atoms with van der Waals surface area (Å²) in [6.07, 6.45) is 26.4. The minimum Gasteiger partial charge on any atom is -0.378 e. The molecule has 2 rings (SSSR count). The summed E-state index contributed by atoms with van der Waals surface area (Å²) in [6.45, 7) is 5.62. The average Bonchev–Trinajstić information content (AvgIpc) is 2.69. The van der Waals surface area contributed by atoms with Crippen molar-refractivity contribution in [1.29, 1.82) is 0 Å². The fraction of sp³-hybridized carbons (Fsp3) is 1.00. The molecule has 0 spiro atoms.